The zero-order chi connectivity index (χ0) is 19.6. The molecule has 2 heterocycles. The summed E-state index contributed by atoms with van der Waals surface area (Å²) in [4.78, 5) is 50.3. The van der Waals surface area contributed by atoms with Gasteiger partial charge in [0.15, 0.2) is 0 Å². The number of esters is 1. The van der Waals surface area contributed by atoms with Crippen LogP contribution in [0.2, 0.25) is 0 Å². The fourth-order valence-electron chi connectivity index (χ4n) is 3.60. The second-order valence-corrected chi connectivity index (χ2v) is 6.62. The highest BCUT2D eigenvalue weighted by molar-refractivity contribution is 6.22. The van der Waals surface area contributed by atoms with Crippen LogP contribution in [0.25, 0.3) is 0 Å². The van der Waals surface area contributed by atoms with Crippen LogP contribution in [0.1, 0.15) is 26.2 Å². The number of likely N-dealkylation sites (tertiary alicyclic amines) is 1. The average molecular weight is 375 g/mol. The number of carbonyl (C=O) groups is 3. The van der Waals surface area contributed by atoms with Crippen LogP contribution in [-0.4, -0.2) is 53.3 Å². The normalized spacial score (nSPS) is 21.5. The molecule has 2 aliphatic heterocycles. The maximum absolute atomic E-state index is 12.8. The molecule has 9 heteroatoms. The largest absolute Gasteiger partial charge is 0.466 e. The van der Waals surface area contributed by atoms with Gasteiger partial charge >= 0.3 is 5.97 Å². The molecule has 9 nitrogen and oxygen atoms in total. The number of imide groups is 1. The second-order valence-electron chi connectivity index (χ2n) is 6.62. The summed E-state index contributed by atoms with van der Waals surface area (Å²) in [5.74, 6) is -1.03. The van der Waals surface area contributed by atoms with Crippen molar-refractivity contribution < 1.29 is 24.0 Å². The van der Waals surface area contributed by atoms with E-state index in [0.29, 0.717) is 38.2 Å². The van der Waals surface area contributed by atoms with Gasteiger partial charge in [-0.25, -0.2) is 4.90 Å². The van der Waals surface area contributed by atoms with Crippen LogP contribution >= 0.6 is 0 Å². The Labute approximate surface area is 156 Å². The van der Waals surface area contributed by atoms with Gasteiger partial charge in [-0.05, 0) is 45.0 Å². The standard InChI is InChI=1S/C18H21N3O6/c1-2-27-18(24)12-7-9-19(10-8-12)15-11-16(22)20(17(15)23)13-3-5-14(6-4-13)21(25)26/h3-6,12,15H,2,7-11H2,1H3/t15-/m0/s1. The Morgan fingerprint density at radius 3 is 2.41 bits per heavy atom. The van der Waals surface area contributed by atoms with Gasteiger partial charge in [-0.3, -0.25) is 29.4 Å². The molecule has 1 aromatic carbocycles. The lowest BCUT2D eigenvalue weighted by Gasteiger charge is -2.33. The summed E-state index contributed by atoms with van der Waals surface area (Å²) in [5, 5.41) is 10.8. The quantitative estimate of drug-likeness (QED) is 0.332. The van der Waals surface area contributed by atoms with E-state index >= 15 is 0 Å². The molecule has 2 aliphatic rings. The first-order valence-corrected chi connectivity index (χ1v) is 8.94. The molecule has 1 atom stereocenters. The van der Waals surface area contributed by atoms with Crippen LogP contribution in [-0.2, 0) is 19.1 Å². The van der Waals surface area contributed by atoms with Gasteiger partial charge in [-0.15, -0.1) is 0 Å². The van der Waals surface area contributed by atoms with Crippen molar-refractivity contribution in [1.82, 2.24) is 4.90 Å². The lowest BCUT2D eigenvalue weighted by molar-refractivity contribution is -0.384. The number of rotatable bonds is 5. The molecule has 2 fully saturated rings. The number of hydrogen-bond acceptors (Lipinski definition) is 7. The fraction of sp³-hybridized carbons (Fsp3) is 0.500. The summed E-state index contributed by atoms with van der Waals surface area (Å²) in [5.41, 5.74) is 0.231. The number of ether oxygens (including phenoxy) is 1. The molecule has 0 aromatic heterocycles. The van der Waals surface area contributed by atoms with Crippen molar-refractivity contribution in [3.05, 3.63) is 34.4 Å². The summed E-state index contributed by atoms with van der Waals surface area (Å²) in [7, 11) is 0. The number of benzene rings is 1. The van der Waals surface area contributed by atoms with Crippen molar-refractivity contribution in [3.63, 3.8) is 0 Å². The minimum Gasteiger partial charge on any atom is -0.466 e. The second kappa shape index (κ2) is 7.83. The predicted molar refractivity (Wildman–Crippen MR) is 94.9 cm³/mol. The van der Waals surface area contributed by atoms with Crippen molar-refractivity contribution in [3.8, 4) is 0 Å². The van der Waals surface area contributed by atoms with Crippen LogP contribution in [0.3, 0.4) is 0 Å². The number of amides is 2. The zero-order valence-corrected chi connectivity index (χ0v) is 15.0. The molecule has 0 N–H and O–H groups in total. The lowest BCUT2D eigenvalue weighted by Crippen LogP contribution is -2.47. The molecule has 0 spiro atoms. The average Bonchev–Trinajstić information content (AvgIpc) is 2.96. The zero-order valence-electron chi connectivity index (χ0n) is 15.0. The number of non-ortho nitro benzene ring substituents is 1. The molecule has 0 bridgehead atoms. The summed E-state index contributed by atoms with van der Waals surface area (Å²) in [6.07, 6.45) is 1.25. The molecule has 144 valence electrons. The van der Waals surface area contributed by atoms with E-state index in [1.165, 1.54) is 24.3 Å². The van der Waals surface area contributed by atoms with E-state index in [1.54, 1.807) is 6.92 Å². The first-order valence-electron chi connectivity index (χ1n) is 8.94. The topological polar surface area (TPSA) is 110 Å². The number of hydrogen-bond donors (Lipinski definition) is 0. The van der Waals surface area contributed by atoms with Gasteiger partial charge in [0.05, 0.1) is 35.6 Å². The number of anilines is 1. The number of nitro groups is 1. The first kappa shape index (κ1) is 19.0. The molecule has 0 radical (unpaired) electrons. The summed E-state index contributed by atoms with van der Waals surface area (Å²) in [6.45, 7) is 3.20. The Morgan fingerprint density at radius 2 is 1.85 bits per heavy atom. The number of nitrogens with zero attached hydrogens (tertiary/aromatic N) is 3. The Kier molecular flexibility index (Phi) is 5.50. The summed E-state index contributed by atoms with van der Waals surface area (Å²) < 4.78 is 5.05. The van der Waals surface area contributed by atoms with Crippen molar-refractivity contribution in [1.29, 1.82) is 0 Å². The van der Waals surface area contributed by atoms with Gasteiger partial charge in [0.2, 0.25) is 5.91 Å². The van der Waals surface area contributed by atoms with E-state index < -0.39 is 11.0 Å². The van der Waals surface area contributed by atoms with Crippen LogP contribution in [0.4, 0.5) is 11.4 Å². The minimum absolute atomic E-state index is 0.0693. The number of nitro benzene ring substituents is 1. The lowest BCUT2D eigenvalue weighted by atomic mass is 9.95. The third-order valence-electron chi connectivity index (χ3n) is 5.03. The third-order valence-corrected chi connectivity index (χ3v) is 5.03. The van der Waals surface area contributed by atoms with Crippen LogP contribution in [0.5, 0.6) is 0 Å². The van der Waals surface area contributed by atoms with Crippen molar-refractivity contribution in [2.45, 2.75) is 32.2 Å². The van der Waals surface area contributed by atoms with E-state index in [1.807, 2.05) is 4.90 Å². The molecule has 2 saturated heterocycles. The SMILES string of the molecule is CCOC(=O)C1CCN([C@H]2CC(=O)N(c3ccc([N+](=O)[O-])cc3)C2=O)CC1. The molecule has 2 amide bonds. The smallest absolute Gasteiger partial charge is 0.309 e. The van der Waals surface area contributed by atoms with Gasteiger partial charge in [0.25, 0.3) is 11.6 Å². The van der Waals surface area contributed by atoms with Crippen molar-refractivity contribution >= 4 is 29.2 Å². The van der Waals surface area contributed by atoms with Crippen LogP contribution in [0.15, 0.2) is 24.3 Å². The Morgan fingerprint density at radius 1 is 1.22 bits per heavy atom. The Hall–Kier alpha value is -2.81. The fourth-order valence-corrected chi connectivity index (χ4v) is 3.60. The van der Waals surface area contributed by atoms with Gasteiger partial charge in [0, 0.05) is 12.1 Å². The highest BCUT2D eigenvalue weighted by atomic mass is 16.6. The highest BCUT2D eigenvalue weighted by Crippen LogP contribution is 2.29. The predicted octanol–water partition coefficient (Wildman–Crippen LogP) is 1.50. The van der Waals surface area contributed by atoms with Crippen molar-refractivity contribution in [2.75, 3.05) is 24.6 Å². The molecular formula is C18H21N3O6. The van der Waals surface area contributed by atoms with Crippen molar-refractivity contribution in [2.24, 2.45) is 5.92 Å². The molecular weight excluding hydrogens is 354 g/mol. The van der Waals surface area contributed by atoms with E-state index in [9.17, 15) is 24.5 Å². The number of piperidine rings is 1. The van der Waals surface area contributed by atoms with E-state index in [-0.39, 0.29) is 35.8 Å². The van der Waals surface area contributed by atoms with Gasteiger partial charge in [-0.2, -0.15) is 0 Å². The highest BCUT2D eigenvalue weighted by Gasteiger charge is 2.44. The molecule has 27 heavy (non-hydrogen) atoms. The van der Waals surface area contributed by atoms with Crippen LogP contribution < -0.4 is 4.90 Å². The Bertz CT molecular complexity index is 755. The summed E-state index contributed by atoms with van der Waals surface area (Å²) in [6, 6.07) is 4.80. The summed E-state index contributed by atoms with van der Waals surface area (Å²) >= 11 is 0. The van der Waals surface area contributed by atoms with E-state index in [0.717, 1.165) is 4.90 Å². The molecule has 0 unspecified atom stereocenters. The first-order chi connectivity index (χ1) is 12.9. The monoisotopic (exact) mass is 375 g/mol. The van der Waals surface area contributed by atoms with Crippen LogP contribution in [0, 0.1) is 16.0 Å². The Balaban J connectivity index is 1.66. The molecule has 3 rings (SSSR count). The molecule has 0 saturated carbocycles. The van der Waals surface area contributed by atoms with E-state index in [4.69, 9.17) is 4.74 Å². The van der Waals surface area contributed by atoms with E-state index in [2.05, 4.69) is 0 Å². The molecule has 0 aliphatic carbocycles. The van der Waals surface area contributed by atoms with Gasteiger partial charge in [0.1, 0.15) is 0 Å². The number of carbonyl (C=O) groups excluding carboxylic acids is 3. The third kappa shape index (κ3) is 3.82. The van der Waals surface area contributed by atoms with Gasteiger partial charge < -0.3 is 4.74 Å². The molecule has 1 aromatic rings. The van der Waals surface area contributed by atoms with Gasteiger partial charge in [-0.1, -0.05) is 0 Å². The minimum atomic E-state index is -0.559. The maximum Gasteiger partial charge on any atom is 0.309 e. The maximum atomic E-state index is 12.8.